The Labute approximate surface area is 36.7 Å². The van der Waals surface area contributed by atoms with Crippen molar-refractivity contribution in [1.82, 2.24) is 0 Å². The van der Waals surface area contributed by atoms with Crippen molar-refractivity contribution >= 4 is 0 Å². The lowest BCUT2D eigenvalue weighted by Gasteiger charge is -1.76. The topological polar surface area (TPSA) is 40.5 Å². The molecule has 0 aromatic carbocycles. The lowest BCUT2D eigenvalue weighted by Crippen LogP contribution is -1.73. The smallest absolute Gasteiger partial charge is 0.0752 e. The van der Waals surface area contributed by atoms with Crippen LogP contribution in [0.3, 0.4) is 0 Å². The molecule has 2 N–H and O–H groups in total. The molecule has 0 bridgehead atoms. The second-order valence-corrected chi connectivity index (χ2v) is 0.897. The van der Waals surface area contributed by atoms with E-state index >= 15 is 0 Å². The van der Waals surface area contributed by atoms with Crippen LogP contribution in [0.4, 0.5) is 0 Å². The third-order valence-electron chi connectivity index (χ3n) is 0.401. The van der Waals surface area contributed by atoms with Gasteiger partial charge in [-0.3, -0.25) is 0 Å². The molecule has 0 unspecified atom stereocenters. The van der Waals surface area contributed by atoms with Crippen LogP contribution in [0.2, 0.25) is 0 Å². The van der Waals surface area contributed by atoms with Gasteiger partial charge in [-0.25, -0.2) is 0 Å². The van der Waals surface area contributed by atoms with Crippen molar-refractivity contribution in [3.63, 3.8) is 0 Å². The first-order chi connectivity index (χ1) is 2.91. The van der Waals surface area contributed by atoms with Gasteiger partial charge in [-0.2, -0.15) is 0 Å². The van der Waals surface area contributed by atoms with Crippen molar-refractivity contribution in [2.75, 3.05) is 6.61 Å². The first kappa shape index (κ1) is 5.50. The highest BCUT2D eigenvalue weighted by molar-refractivity contribution is 4.69. The minimum absolute atomic E-state index is 0.108. The monoisotopic (exact) mass is 88.1 g/mol. The van der Waals surface area contributed by atoms with Gasteiger partial charge in [0.15, 0.2) is 0 Å². The van der Waals surface area contributed by atoms with Gasteiger partial charge in [0, 0.05) is 6.61 Å². The summed E-state index contributed by atoms with van der Waals surface area (Å²) < 4.78 is 0. The SMILES string of the molecule is O/C=C\CCO. The molecule has 36 valence electrons. The molecule has 0 aliphatic carbocycles. The largest absolute Gasteiger partial charge is 0.516 e. The number of aliphatic hydroxyl groups is 2. The average Bonchev–Trinajstić information content (AvgIpc) is 1.61. The van der Waals surface area contributed by atoms with Gasteiger partial charge in [-0.05, 0) is 12.5 Å². The molecule has 2 heteroatoms. The molecule has 0 saturated carbocycles. The summed E-state index contributed by atoms with van der Waals surface area (Å²) in [7, 11) is 0. The molecule has 0 rings (SSSR count). The van der Waals surface area contributed by atoms with Gasteiger partial charge in [0.05, 0.1) is 6.26 Å². The highest BCUT2D eigenvalue weighted by atomic mass is 16.3. The Morgan fingerprint density at radius 2 is 2.17 bits per heavy atom. The lowest BCUT2D eigenvalue weighted by molar-refractivity contribution is 0.301. The fraction of sp³-hybridized carbons (Fsp3) is 0.500. The maximum atomic E-state index is 8.04. The summed E-state index contributed by atoms with van der Waals surface area (Å²) in [5, 5.41) is 15.9. The minimum atomic E-state index is 0.108. The molecule has 0 atom stereocenters. The molecule has 0 saturated heterocycles. The number of rotatable bonds is 2. The van der Waals surface area contributed by atoms with Crippen molar-refractivity contribution in [2.45, 2.75) is 6.42 Å². The summed E-state index contributed by atoms with van der Waals surface area (Å²) in [5.74, 6) is 0. The van der Waals surface area contributed by atoms with Gasteiger partial charge in [0.25, 0.3) is 0 Å². The van der Waals surface area contributed by atoms with Gasteiger partial charge >= 0.3 is 0 Å². The zero-order valence-electron chi connectivity index (χ0n) is 3.46. The van der Waals surface area contributed by atoms with Crippen LogP contribution in [-0.4, -0.2) is 16.8 Å². The van der Waals surface area contributed by atoms with Gasteiger partial charge in [-0.1, -0.05) is 0 Å². The van der Waals surface area contributed by atoms with Crippen LogP contribution in [-0.2, 0) is 0 Å². The average molecular weight is 88.1 g/mol. The molecular formula is C4H8O2. The summed E-state index contributed by atoms with van der Waals surface area (Å²) in [5.41, 5.74) is 0. The first-order valence-electron chi connectivity index (χ1n) is 1.82. The van der Waals surface area contributed by atoms with Gasteiger partial charge in [-0.15, -0.1) is 0 Å². The van der Waals surface area contributed by atoms with Crippen molar-refractivity contribution in [1.29, 1.82) is 0 Å². The fourth-order valence-corrected chi connectivity index (χ4v) is 0.149. The summed E-state index contributed by atoms with van der Waals surface area (Å²) in [6.07, 6.45) is 2.95. The van der Waals surface area contributed by atoms with Crippen LogP contribution in [0.5, 0.6) is 0 Å². The molecule has 0 aromatic heterocycles. The molecule has 0 heterocycles. The summed E-state index contributed by atoms with van der Waals surface area (Å²) >= 11 is 0. The molecule has 0 aromatic rings. The predicted octanol–water partition coefficient (Wildman–Crippen LogP) is 0.440. The molecule has 0 aliphatic rings. The quantitative estimate of drug-likeness (QED) is 0.481. The lowest BCUT2D eigenvalue weighted by atomic mass is 10.5. The normalized spacial score (nSPS) is 10.2. The number of aliphatic hydroxyl groups excluding tert-OH is 2. The Balaban J connectivity index is 2.66. The second kappa shape index (κ2) is 4.50. The van der Waals surface area contributed by atoms with E-state index in [9.17, 15) is 0 Å². The van der Waals surface area contributed by atoms with Crippen LogP contribution in [0.1, 0.15) is 6.42 Å². The van der Waals surface area contributed by atoms with Crippen molar-refractivity contribution in [3.8, 4) is 0 Å². The number of hydrogen-bond acceptors (Lipinski definition) is 2. The van der Waals surface area contributed by atoms with Crippen molar-refractivity contribution < 1.29 is 10.2 Å². The van der Waals surface area contributed by atoms with E-state index in [0.717, 1.165) is 6.26 Å². The highest BCUT2D eigenvalue weighted by Gasteiger charge is 1.67. The van der Waals surface area contributed by atoms with Crippen molar-refractivity contribution in [3.05, 3.63) is 12.3 Å². The molecule has 2 nitrogen and oxygen atoms in total. The maximum Gasteiger partial charge on any atom is 0.0752 e. The van der Waals surface area contributed by atoms with Crippen LogP contribution < -0.4 is 0 Å². The van der Waals surface area contributed by atoms with E-state index in [1.807, 2.05) is 0 Å². The van der Waals surface area contributed by atoms with E-state index in [2.05, 4.69) is 0 Å². The Kier molecular flexibility index (Phi) is 4.12. The van der Waals surface area contributed by atoms with Crippen molar-refractivity contribution in [2.24, 2.45) is 0 Å². The highest BCUT2D eigenvalue weighted by Crippen LogP contribution is 1.74. The Morgan fingerprint density at radius 3 is 2.33 bits per heavy atom. The van der Waals surface area contributed by atoms with Crippen LogP contribution in [0.15, 0.2) is 12.3 Å². The van der Waals surface area contributed by atoms with E-state index in [1.165, 1.54) is 6.08 Å². The molecule has 6 heavy (non-hydrogen) atoms. The maximum absolute atomic E-state index is 8.04. The number of hydrogen-bond donors (Lipinski definition) is 2. The third-order valence-corrected chi connectivity index (χ3v) is 0.401. The van der Waals surface area contributed by atoms with Crippen LogP contribution in [0.25, 0.3) is 0 Å². The minimum Gasteiger partial charge on any atom is -0.516 e. The zero-order chi connectivity index (χ0) is 4.83. The van der Waals surface area contributed by atoms with E-state index in [4.69, 9.17) is 10.2 Å². The molecule has 0 radical (unpaired) electrons. The Hall–Kier alpha value is -0.500. The van der Waals surface area contributed by atoms with E-state index in [1.54, 1.807) is 0 Å². The summed E-state index contributed by atoms with van der Waals surface area (Å²) in [6, 6.07) is 0. The Bertz CT molecular complexity index is 40.8. The fourth-order valence-electron chi connectivity index (χ4n) is 0.149. The van der Waals surface area contributed by atoms with Crippen LogP contribution in [0, 0.1) is 0 Å². The first-order valence-corrected chi connectivity index (χ1v) is 1.82. The molecular weight excluding hydrogens is 80.0 g/mol. The molecule has 0 amide bonds. The molecule has 0 aliphatic heterocycles. The zero-order valence-corrected chi connectivity index (χ0v) is 3.46. The molecule has 0 fully saturated rings. The Morgan fingerprint density at radius 1 is 1.50 bits per heavy atom. The standard InChI is InChI=1S/C4H8O2/c5-3-1-2-4-6/h1,3,5-6H,2,4H2/b3-1-. The summed E-state index contributed by atoms with van der Waals surface area (Å²) in [4.78, 5) is 0. The second-order valence-electron chi connectivity index (χ2n) is 0.897. The van der Waals surface area contributed by atoms with Gasteiger partial charge in [0.1, 0.15) is 0 Å². The van der Waals surface area contributed by atoms with Gasteiger partial charge in [0.2, 0.25) is 0 Å². The van der Waals surface area contributed by atoms with E-state index in [0.29, 0.717) is 6.42 Å². The van der Waals surface area contributed by atoms with E-state index < -0.39 is 0 Å². The van der Waals surface area contributed by atoms with Crippen LogP contribution >= 0.6 is 0 Å². The van der Waals surface area contributed by atoms with Gasteiger partial charge < -0.3 is 10.2 Å². The van der Waals surface area contributed by atoms with E-state index in [-0.39, 0.29) is 6.61 Å². The third kappa shape index (κ3) is 3.50. The molecule has 0 spiro atoms. The predicted molar refractivity (Wildman–Crippen MR) is 23.5 cm³/mol. The summed E-state index contributed by atoms with van der Waals surface area (Å²) in [6.45, 7) is 0.108.